The maximum Gasteiger partial charge on any atom is 0.326 e. The van der Waals surface area contributed by atoms with Crippen LogP contribution in [0.3, 0.4) is 0 Å². The summed E-state index contributed by atoms with van der Waals surface area (Å²) in [6, 6.07) is -0.245. The average Bonchev–Trinajstić information content (AvgIpc) is 3.02. The van der Waals surface area contributed by atoms with Gasteiger partial charge in [-0.15, -0.1) is 6.42 Å². The van der Waals surface area contributed by atoms with Gasteiger partial charge in [-0.1, -0.05) is 29.1 Å². The molecule has 2 fully saturated rings. The molecule has 0 aromatic carbocycles. The Morgan fingerprint density at radius 3 is 2.93 bits per heavy atom. The molecule has 2 amide bonds. The largest absolute Gasteiger partial charge is 0.374 e. The maximum absolute atomic E-state index is 13.0. The number of terminal acetylenes is 1. The molecule has 0 bridgehead atoms. The molecule has 3 heterocycles. The minimum absolute atomic E-state index is 0.183. The Hall–Kier alpha value is -1.80. The van der Waals surface area contributed by atoms with Gasteiger partial charge in [0.25, 0.3) is 6.41 Å². The van der Waals surface area contributed by atoms with Crippen molar-refractivity contribution in [2.24, 2.45) is 10.9 Å². The zero-order chi connectivity index (χ0) is 21.7. The van der Waals surface area contributed by atoms with E-state index in [-0.39, 0.29) is 24.0 Å². The molecule has 0 spiro atoms. The summed E-state index contributed by atoms with van der Waals surface area (Å²) in [5.74, 6) is 2.71. The van der Waals surface area contributed by atoms with Crippen molar-refractivity contribution >= 4 is 35.2 Å². The van der Waals surface area contributed by atoms with Crippen molar-refractivity contribution in [1.29, 1.82) is 0 Å². The Balaban J connectivity index is 1.78. The molecule has 3 N–H and O–H groups in total. The minimum Gasteiger partial charge on any atom is -0.374 e. The molecule has 0 radical (unpaired) electrons. The number of halogens is 2. The van der Waals surface area contributed by atoms with Crippen molar-refractivity contribution in [2.75, 3.05) is 39.3 Å². The summed E-state index contributed by atoms with van der Waals surface area (Å²) in [5, 5.41) is 13.5. The highest BCUT2D eigenvalue weighted by Crippen LogP contribution is 2.25. The lowest BCUT2D eigenvalue weighted by Gasteiger charge is -2.37. The number of nitrogens with one attached hydrogen (secondary N) is 2. The molecule has 3 rings (SSSR count). The van der Waals surface area contributed by atoms with Gasteiger partial charge in [-0.05, 0) is 19.4 Å². The Labute approximate surface area is 185 Å². The predicted octanol–water partition coefficient (Wildman–Crippen LogP) is 1.15. The summed E-state index contributed by atoms with van der Waals surface area (Å²) >= 11 is 12.2. The zero-order valence-corrected chi connectivity index (χ0v) is 18.1. The second kappa shape index (κ2) is 10.5. The van der Waals surface area contributed by atoms with Crippen molar-refractivity contribution in [3.05, 3.63) is 21.7 Å². The lowest BCUT2D eigenvalue weighted by Crippen LogP contribution is -2.56. The number of aliphatic imine (C=N–C) groups is 1. The van der Waals surface area contributed by atoms with Crippen LogP contribution in [0.1, 0.15) is 13.3 Å². The van der Waals surface area contributed by atoms with Crippen LogP contribution in [0.15, 0.2) is 26.7 Å². The highest BCUT2D eigenvalue weighted by atomic mass is 35.5. The van der Waals surface area contributed by atoms with Crippen LogP contribution >= 0.6 is 23.2 Å². The molecule has 3 aliphatic heterocycles. The summed E-state index contributed by atoms with van der Waals surface area (Å²) in [7, 11) is 0. The van der Waals surface area contributed by atoms with Gasteiger partial charge in [0.05, 0.1) is 17.7 Å². The summed E-state index contributed by atoms with van der Waals surface area (Å²) in [6.07, 6.45) is 6.53. The van der Waals surface area contributed by atoms with Gasteiger partial charge in [0.1, 0.15) is 0 Å². The second-order valence-corrected chi connectivity index (χ2v) is 8.05. The van der Waals surface area contributed by atoms with Crippen molar-refractivity contribution in [3.8, 4) is 12.3 Å². The first-order valence-electron chi connectivity index (χ1n) is 9.67. The van der Waals surface area contributed by atoms with Gasteiger partial charge in [-0.25, -0.2) is 15.1 Å². The summed E-state index contributed by atoms with van der Waals surface area (Å²) in [6.45, 7) is 4.84. The van der Waals surface area contributed by atoms with Crippen LogP contribution in [0.5, 0.6) is 0 Å². The first-order valence-corrected chi connectivity index (χ1v) is 10.4. The third-order valence-corrected chi connectivity index (χ3v) is 5.75. The zero-order valence-electron chi connectivity index (χ0n) is 16.6. The number of amides is 2. The smallest absolute Gasteiger partial charge is 0.326 e. The van der Waals surface area contributed by atoms with Gasteiger partial charge in [-0.2, -0.15) is 4.99 Å². The van der Waals surface area contributed by atoms with Crippen LogP contribution in [0.2, 0.25) is 0 Å². The first kappa shape index (κ1) is 22.9. The number of carbonyl (C=O) groups excluding carboxylic acids is 1. The topological polar surface area (TPSA) is 98.7 Å². The lowest BCUT2D eigenvalue weighted by molar-refractivity contribution is -0.103. The molecule has 0 aromatic heterocycles. The van der Waals surface area contributed by atoms with E-state index in [1.54, 1.807) is 17.9 Å². The van der Waals surface area contributed by atoms with E-state index in [0.29, 0.717) is 55.0 Å². The molecular weight excluding hydrogens is 433 g/mol. The van der Waals surface area contributed by atoms with E-state index in [1.807, 2.05) is 0 Å². The SMILES string of the molecule is C#CC(=CC(Cl)=C(C)Cl)C1CNCCOC1CN1CCCN(C2=NC(O)ON2)C1=O. The Morgan fingerprint density at radius 1 is 1.47 bits per heavy atom. The van der Waals surface area contributed by atoms with Gasteiger partial charge in [0.2, 0.25) is 5.96 Å². The van der Waals surface area contributed by atoms with Crippen LogP contribution in [-0.2, 0) is 9.57 Å². The van der Waals surface area contributed by atoms with Crippen LogP contribution < -0.4 is 10.8 Å². The number of hydrogen-bond acceptors (Lipinski definition) is 7. The van der Waals surface area contributed by atoms with E-state index in [0.717, 1.165) is 6.42 Å². The van der Waals surface area contributed by atoms with Gasteiger partial charge in [0, 0.05) is 49.2 Å². The van der Waals surface area contributed by atoms with Crippen molar-refractivity contribution < 1.29 is 19.5 Å². The molecule has 3 aliphatic rings. The molecule has 9 nitrogen and oxygen atoms in total. The van der Waals surface area contributed by atoms with Crippen LogP contribution in [0, 0.1) is 18.3 Å². The number of allylic oxidation sites excluding steroid dienone is 3. The maximum atomic E-state index is 13.0. The molecule has 3 atom stereocenters. The van der Waals surface area contributed by atoms with E-state index in [4.69, 9.17) is 39.2 Å². The summed E-state index contributed by atoms with van der Waals surface area (Å²) in [5.41, 5.74) is 3.13. The number of rotatable bonds is 4. The molecule has 164 valence electrons. The number of nitrogens with zero attached hydrogens (tertiary/aromatic N) is 3. The molecule has 30 heavy (non-hydrogen) atoms. The fourth-order valence-corrected chi connectivity index (χ4v) is 3.69. The van der Waals surface area contributed by atoms with Crippen molar-refractivity contribution in [3.63, 3.8) is 0 Å². The first-order chi connectivity index (χ1) is 14.4. The normalized spacial score (nSPS) is 29.0. The van der Waals surface area contributed by atoms with E-state index < -0.39 is 6.41 Å². The van der Waals surface area contributed by atoms with Gasteiger partial charge in [-0.3, -0.25) is 4.90 Å². The minimum atomic E-state index is -1.32. The summed E-state index contributed by atoms with van der Waals surface area (Å²) < 4.78 is 6.06. The number of aliphatic hydroxyl groups excluding tert-OH is 1. The molecule has 11 heteroatoms. The Morgan fingerprint density at radius 2 is 2.27 bits per heavy atom. The van der Waals surface area contributed by atoms with Crippen LogP contribution in [0.25, 0.3) is 0 Å². The highest BCUT2D eigenvalue weighted by molar-refractivity contribution is 6.40. The number of hydrogen-bond donors (Lipinski definition) is 3. The molecule has 0 aliphatic carbocycles. The van der Waals surface area contributed by atoms with E-state index >= 15 is 0 Å². The lowest BCUT2D eigenvalue weighted by atomic mass is 9.92. The number of carbonyl (C=O) groups is 1. The van der Waals surface area contributed by atoms with Crippen LogP contribution in [0.4, 0.5) is 4.79 Å². The van der Waals surface area contributed by atoms with E-state index in [2.05, 4.69) is 21.7 Å². The Bertz CT molecular complexity index is 790. The third kappa shape index (κ3) is 5.46. The quantitative estimate of drug-likeness (QED) is 0.432. The highest BCUT2D eigenvalue weighted by Gasteiger charge is 2.36. The second-order valence-electron chi connectivity index (χ2n) is 7.08. The van der Waals surface area contributed by atoms with Crippen LogP contribution in [-0.4, -0.2) is 78.7 Å². The van der Waals surface area contributed by atoms with Crippen molar-refractivity contribution in [2.45, 2.75) is 25.9 Å². The fourth-order valence-electron chi connectivity index (χ4n) is 3.52. The molecule has 3 unspecified atom stereocenters. The average molecular weight is 458 g/mol. The molecule has 2 saturated heterocycles. The molecular formula is C19H25Cl2N5O4. The van der Waals surface area contributed by atoms with E-state index in [9.17, 15) is 9.90 Å². The van der Waals surface area contributed by atoms with Crippen molar-refractivity contribution in [1.82, 2.24) is 20.6 Å². The monoisotopic (exact) mass is 457 g/mol. The summed E-state index contributed by atoms with van der Waals surface area (Å²) in [4.78, 5) is 24.8. The van der Waals surface area contributed by atoms with Gasteiger partial charge in [0.15, 0.2) is 0 Å². The standard InChI is InChI=1S/C19H25Cl2N5O4/c1-3-13(9-15(21)12(2)20)14-10-22-5-8-29-16(14)11-25-6-4-7-26(19(25)28)17-23-18(27)30-24-17/h1,9,14,16,18,22,27H,4-8,10-11H2,2H3,(H,23,24). The molecule has 0 saturated carbocycles. The Kier molecular flexibility index (Phi) is 7.99. The van der Waals surface area contributed by atoms with Gasteiger partial charge >= 0.3 is 6.03 Å². The van der Waals surface area contributed by atoms with Gasteiger partial charge < -0.3 is 20.1 Å². The predicted molar refractivity (Wildman–Crippen MR) is 113 cm³/mol. The number of urea groups is 1. The third-order valence-electron chi connectivity index (χ3n) is 5.06. The number of ether oxygens (including phenoxy) is 1. The number of aliphatic hydroxyl groups is 1. The van der Waals surface area contributed by atoms with E-state index in [1.165, 1.54) is 4.90 Å². The number of guanidine groups is 1. The number of hydroxylamine groups is 1. The fraction of sp³-hybridized carbons (Fsp3) is 0.579. The molecule has 0 aromatic rings.